The summed E-state index contributed by atoms with van der Waals surface area (Å²) in [5.74, 6) is -0.545. The van der Waals surface area contributed by atoms with Crippen molar-refractivity contribution in [1.29, 1.82) is 0 Å². The van der Waals surface area contributed by atoms with Crippen LogP contribution in [0.2, 0.25) is 0 Å². The maximum atomic E-state index is 12.7. The molecule has 0 radical (unpaired) electrons. The van der Waals surface area contributed by atoms with Crippen LogP contribution in [0.1, 0.15) is 290 Å². The second-order valence-electron chi connectivity index (χ2n) is 19.6. The molecule has 0 aromatic rings. The van der Waals surface area contributed by atoms with Crippen molar-refractivity contribution in [3.8, 4) is 0 Å². The Bertz CT molecular complexity index is 873. The lowest BCUT2D eigenvalue weighted by atomic mass is 10.0. The van der Waals surface area contributed by atoms with Gasteiger partial charge in [-0.3, -0.25) is 14.4 Å². The number of nitrogens with zero attached hydrogens (tertiary/aromatic N) is 1. The van der Waals surface area contributed by atoms with Gasteiger partial charge in [0.2, 0.25) is 0 Å². The highest BCUT2D eigenvalue weighted by atomic mass is 16.5. The molecule has 64 heavy (non-hydrogen) atoms. The molecule has 0 saturated carbocycles. The summed E-state index contributed by atoms with van der Waals surface area (Å²) in [5, 5.41) is 10.1. The van der Waals surface area contributed by atoms with Crippen LogP contribution in [-0.2, 0) is 28.6 Å². The van der Waals surface area contributed by atoms with Crippen molar-refractivity contribution in [3.63, 3.8) is 0 Å². The van der Waals surface area contributed by atoms with E-state index in [1.165, 1.54) is 193 Å². The van der Waals surface area contributed by atoms with Crippen LogP contribution in [-0.4, -0.2) is 80.1 Å². The summed E-state index contributed by atoms with van der Waals surface area (Å²) in [5.41, 5.74) is 0. The van der Waals surface area contributed by atoms with Gasteiger partial charge >= 0.3 is 17.9 Å². The van der Waals surface area contributed by atoms with Crippen LogP contribution in [0.3, 0.4) is 0 Å². The largest absolute Gasteiger partial charge is 0.460 e. The van der Waals surface area contributed by atoms with E-state index in [9.17, 15) is 19.5 Å². The number of hydrogen-bond acceptors (Lipinski definition) is 7. The molecule has 0 fully saturated rings. The summed E-state index contributed by atoms with van der Waals surface area (Å²) in [6.45, 7) is 9.21. The smallest absolute Gasteiger partial charge is 0.305 e. The first-order valence-electron chi connectivity index (χ1n) is 28.4. The fourth-order valence-electron chi connectivity index (χ4n) is 9.02. The molecule has 0 aliphatic carbocycles. The second kappa shape index (κ2) is 50.7. The van der Waals surface area contributed by atoms with E-state index in [0.29, 0.717) is 49.9 Å². The quantitative estimate of drug-likeness (QED) is 0.0281. The number of carbonyl (C=O) groups excluding carboxylic acids is 3. The lowest BCUT2D eigenvalue weighted by Crippen LogP contribution is -2.55. The second-order valence-corrected chi connectivity index (χ2v) is 19.6. The number of carbonyl (C=O) groups is 3. The van der Waals surface area contributed by atoms with Crippen LogP contribution >= 0.6 is 0 Å². The van der Waals surface area contributed by atoms with Crippen molar-refractivity contribution in [1.82, 2.24) is 0 Å². The Balaban J connectivity index is 4.63. The van der Waals surface area contributed by atoms with Crippen molar-refractivity contribution in [3.05, 3.63) is 0 Å². The predicted molar refractivity (Wildman–Crippen MR) is 271 cm³/mol. The zero-order chi connectivity index (χ0) is 46.7. The summed E-state index contributed by atoms with van der Waals surface area (Å²) in [6, 6.07) is 0. The van der Waals surface area contributed by atoms with E-state index in [1.807, 2.05) is 0 Å². The van der Waals surface area contributed by atoms with E-state index < -0.39 is 0 Å². The van der Waals surface area contributed by atoms with Gasteiger partial charge in [-0.1, -0.05) is 252 Å². The molecule has 0 aromatic carbocycles. The molecular weight excluding hydrogens is 799 g/mol. The minimum absolute atomic E-state index is 0.0628. The zero-order valence-corrected chi connectivity index (χ0v) is 43.2. The highest BCUT2D eigenvalue weighted by molar-refractivity contribution is 5.69. The van der Waals surface area contributed by atoms with Crippen molar-refractivity contribution >= 4 is 17.9 Å². The summed E-state index contributed by atoms with van der Waals surface area (Å²) in [7, 11) is 0. The van der Waals surface area contributed by atoms with E-state index in [0.717, 1.165) is 57.8 Å². The molecular formula is C56H110NO7+. The molecule has 0 spiro atoms. The van der Waals surface area contributed by atoms with Crippen LogP contribution in [0.4, 0.5) is 0 Å². The number of hydrogen-bond donors (Lipinski definition) is 1. The molecule has 8 heteroatoms. The maximum absolute atomic E-state index is 12.7. The van der Waals surface area contributed by atoms with Crippen LogP contribution in [0, 0.1) is 0 Å². The van der Waals surface area contributed by atoms with E-state index in [2.05, 4.69) is 20.8 Å². The number of rotatable bonds is 53. The molecule has 0 unspecified atom stereocenters. The van der Waals surface area contributed by atoms with Gasteiger partial charge in [0.1, 0.15) is 46.0 Å². The third kappa shape index (κ3) is 45.5. The van der Waals surface area contributed by atoms with Crippen LogP contribution in [0.5, 0.6) is 0 Å². The van der Waals surface area contributed by atoms with Gasteiger partial charge in [0, 0.05) is 19.3 Å². The fraction of sp³-hybridized carbons (Fsp3) is 0.946. The van der Waals surface area contributed by atoms with Crippen LogP contribution < -0.4 is 0 Å². The number of ether oxygens (including phenoxy) is 3. The lowest BCUT2D eigenvalue weighted by molar-refractivity contribution is -0.928. The third-order valence-electron chi connectivity index (χ3n) is 13.5. The summed E-state index contributed by atoms with van der Waals surface area (Å²) >= 11 is 0. The van der Waals surface area contributed by atoms with Gasteiger partial charge in [0.05, 0.1) is 6.61 Å². The first kappa shape index (κ1) is 62.3. The summed E-state index contributed by atoms with van der Waals surface area (Å²) in [4.78, 5) is 38.1. The highest BCUT2D eigenvalue weighted by Gasteiger charge is 2.28. The monoisotopic (exact) mass is 909 g/mol. The Morgan fingerprint density at radius 1 is 0.297 bits per heavy atom. The standard InChI is InChI=1S/C56H110NO7/c1-4-7-10-13-16-19-22-25-28-31-34-37-40-43-54(59)62-51-47-57(46-50-58,48-52-63-55(60)44-41-38-35-32-29-26-23-20-17-14-11-8-5-2)49-53-64-56(61)45-42-39-36-33-30-27-24-21-18-15-12-9-6-3/h58H,4-53H2,1-3H3/q+1. The predicted octanol–water partition coefficient (Wildman–Crippen LogP) is 15.9. The van der Waals surface area contributed by atoms with Gasteiger partial charge in [0.15, 0.2) is 0 Å². The SMILES string of the molecule is CCCCCCCCCCCCCCCC(=O)OCC[N+](CCO)(CCOC(=O)CCCCCCCCCCCCCCC)CCOC(=O)CCCCCCCCCCCCCCC. The van der Waals surface area contributed by atoms with Gasteiger partial charge in [0.25, 0.3) is 0 Å². The molecule has 0 bridgehead atoms. The molecule has 380 valence electrons. The molecule has 0 atom stereocenters. The zero-order valence-electron chi connectivity index (χ0n) is 43.2. The average Bonchev–Trinajstić information content (AvgIpc) is 3.28. The van der Waals surface area contributed by atoms with Gasteiger partial charge in [-0.15, -0.1) is 0 Å². The molecule has 0 aliphatic heterocycles. The average molecular weight is 909 g/mol. The Hall–Kier alpha value is -1.67. The molecule has 0 aliphatic rings. The number of esters is 3. The van der Waals surface area contributed by atoms with E-state index >= 15 is 0 Å². The topological polar surface area (TPSA) is 99.1 Å². The Labute approximate surface area is 397 Å². The van der Waals surface area contributed by atoms with Crippen molar-refractivity contribution in [2.75, 3.05) is 52.6 Å². The van der Waals surface area contributed by atoms with Gasteiger partial charge < -0.3 is 23.8 Å². The minimum atomic E-state index is -0.182. The lowest BCUT2D eigenvalue weighted by Gasteiger charge is -2.37. The third-order valence-corrected chi connectivity index (χ3v) is 13.5. The number of quaternary nitrogens is 1. The van der Waals surface area contributed by atoms with E-state index in [4.69, 9.17) is 14.2 Å². The number of unbranched alkanes of at least 4 members (excludes halogenated alkanes) is 36. The molecule has 0 heterocycles. The Morgan fingerprint density at radius 3 is 0.672 bits per heavy atom. The van der Waals surface area contributed by atoms with Crippen molar-refractivity contribution < 1.29 is 38.2 Å². The summed E-state index contributed by atoms with van der Waals surface area (Å²) < 4.78 is 17.5. The van der Waals surface area contributed by atoms with Crippen LogP contribution in [0.25, 0.3) is 0 Å². The Morgan fingerprint density at radius 2 is 0.484 bits per heavy atom. The molecule has 0 amide bonds. The molecule has 8 nitrogen and oxygen atoms in total. The molecule has 1 N–H and O–H groups in total. The fourth-order valence-corrected chi connectivity index (χ4v) is 9.02. The molecule has 0 saturated heterocycles. The van der Waals surface area contributed by atoms with Crippen molar-refractivity contribution in [2.24, 2.45) is 0 Å². The van der Waals surface area contributed by atoms with Crippen LogP contribution in [0.15, 0.2) is 0 Å². The first-order chi connectivity index (χ1) is 31.4. The normalized spacial score (nSPS) is 11.6. The highest BCUT2D eigenvalue weighted by Crippen LogP contribution is 2.17. The van der Waals surface area contributed by atoms with Gasteiger partial charge in [-0.25, -0.2) is 0 Å². The molecule has 0 rings (SSSR count). The van der Waals surface area contributed by atoms with Gasteiger partial charge in [-0.2, -0.15) is 0 Å². The van der Waals surface area contributed by atoms with Gasteiger partial charge in [-0.05, 0) is 19.3 Å². The first-order valence-corrected chi connectivity index (χ1v) is 28.4. The summed E-state index contributed by atoms with van der Waals surface area (Å²) in [6.07, 6.45) is 50.6. The van der Waals surface area contributed by atoms with Crippen molar-refractivity contribution in [2.45, 2.75) is 290 Å². The van der Waals surface area contributed by atoms with E-state index in [1.54, 1.807) is 0 Å². The minimum Gasteiger partial charge on any atom is -0.460 e. The molecule has 0 aromatic heterocycles. The number of aliphatic hydroxyl groups is 1. The van der Waals surface area contributed by atoms with E-state index in [-0.39, 0.29) is 44.3 Å². The number of aliphatic hydroxyl groups excluding tert-OH is 1. The maximum Gasteiger partial charge on any atom is 0.305 e. The Kier molecular flexibility index (Phi) is 49.4.